The molecule has 14 heavy (non-hydrogen) atoms. The van der Waals surface area contributed by atoms with Gasteiger partial charge in [-0.1, -0.05) is 0 Å². The van der Waals surface area contributed by atoms with Gasteiger partial charge in [0.25, 0.3) is 0 Å². The zero-order valence-corrected chi connectivity index (χ0v) is 7.52. The molecule has 6 nitrogen and oxygen atoms in total. The van der Waals surface area contributed by atoms with Crippen LogP contribution in [0.25, 0.3) is 0 Å². The van der Waals surface area contributed by atoms with E-state index in [2.05, 4.69) is 10.3 Å². The Hall–Kier alpha value is -2.16. The summed E-state index contributed by atoms with van der Waals surface area (Å²) in [5.74, 6) is 0.136. The van der Waals surface area contributed by atoms with Crippen LogP contribution in [0.4, 0.5) is 11.5 Å². The summed E-state index contributed by atoms with van der Waals surface area (Å²) in [4.78, 5) is 13.8. The molecule has 0 bridgehead atoms. The maximum Gasteiger partial charge on any atom is 0.328 e. The number of pyridine rings is 1. The molecule has 0 atom stereocenters. The Morgan fingerprint density at radius 3 is 3.00 bits per heavy atom. The molecule has 1 N–H and O–H groups in total. The highest BCUT2D eigenvalue weighted by Gasteiger charge is 2.20. The van der Waals surface area contributed by atoms with E-state index in [1.807, 2.05) is 0 Å². The van der Waals surface area contributed by atoms with Crippen molar-refractivity contribution in [2.45, 2.75) is 6.92 Å². The lowest BCUT2D eigenvalue weighted by atomic mass is 10.2. The molecule has 72 valence electrons. The second-order valence-corrected chi connectivity index (χ2v) is 2.45. The third kappa shape index (κ3) is 1.77. The monoisotopic (exact) mass is 192 g/mol. The number of anilines is 1. The van der Waals surface area contributed by atoms with Crippen LogP contribution < -0.4 is 5.32 Å². The van der Waals surface area contributed by atoms with E-state index >= 15 is 0 Å². The van der Waals surface area contributed by atoms with E-state index in [-0.39, 0.29) is 17.1 Å². The van der Waals surface area contributed by atoms with Gasteiger partial charge in [-0.05, 0) is 13.0 Å². The first-order valence-electron chi connectivity index (χ1n) is 3.98. The Morgan fingerprint density at radius 2 is 2.50 bits per heavy atom. The molecule has 0 aliphatic heterocycles. The van der Waals surface area contributed by atoms with Gasteiger partial charge in [-0.2, -0.15) is 5.26 Å². The van der Waals surface area contributed by atoms with Crippen molar-refractivity contribution in [1.29, 1.82) is 5.26 Å². The van der Waals surface area contributed by atoms with Gasteiger partial charge < -0.3 is 5.32 Å². The SMILES string of the molecule is CCNc1nccc(C#N)c1[N+](=O)[O-]. The predicted molar refractivity (Wildman–Crippen MR) is 49.8 cm³/mol. The van der Waals surface area contributed by atoms with Crippen LogP contribution in [0.1, 0.15) is 12.5 Å². The average molecular weight is 192 g/mol. The maximum absolute atomic E-state index is 10.7. The maximum atomic E-state index is 10.7. The molecule has 0 saturated carbocycles. The highest BCUT2D eigenvalue weighted by atomic mass is 16.6. The van der Waals surface area contributed by atoms with Crippen molar-refractivity contribution in [1.82, 2.24) is 4.98 Å². The molecular weight excluding hydrogens is 184 g/mol. The number of aromatic nitrogens is 1. The Labute approximate surface area is 80.3 Å². The largest absolute Gasteiger partial charge is 0.365 e. The second-order valence-electron chi connectivity index (χ2n) is 2.45. The van der Waals surface area contributed by atoms with Crippen LogP contribution in [0, 0.1) is 21.4 Å². The Balaban J connectivity index is 3.30. The van der Waals surface area contributed by atoms with E-state index in [0.29, 0.717) is 6.54 Å². The molecule has 0 aromatic carbocycles. The van der Waals surface area contributed by atoms with Crippen LogP contribution in [0.2, 0.25) is 0 Å². The van der Waals surface area contributed by atoms with Gasteiger partial charge in [0.1, 0.15) is 11.6 Å². The molecule has 1 heterocycles. The normalized spacial score (nSPS) is 9.14. The Bertz CT molecular complexity index is 397. The average Bonchev–Trinajstić information content (AvgIpc) is 2.17. The lowest BCUT2D eigenvalue weighted by Crippen LogP contribution is -2.04. The third-order valence-electron chi connectivity index (χ3n) is 1.57. The van der Waals surface area contributed by atoms with Crippen LogP contribution in [0.5, 0.6) is 0 Å². The van der Waals surface area contributed by atoms with Crippen molar-refractivity contribution in [3.63, 3.8) is 0 Å². The summed E-state index contributed by atoms with van der Waals surface area (Å²) in [5.41, 5.74) is -0.252. The molecule has 0 fully saturated rings. The van der Waals surface area contributed by atoms with Gasteiger partial charge in [-0.25, -0.2) is 4.98 Å². The minimum atomic E-state index is -0.608. The number of nitrogens with zero attached hydrogens (tertiary/aromatic N) is 3. The first-order valence-corrected chi connectivity index (χ1v) is 3.98. The Morgan fingerprint density at radius 1 is 1.79 bits per heavy atom. The number of hydrogen-bond donors (Lipinski definition) is 1. The van der Waals surface area contributed by atoms with Gasteiger partial charge >= 0.3 is 5.69 Å². The molecule has 0 saturated heterocycles. The van der Waals surface area contributed by atoms with Crippen LogP contribution in [0.3, 0.4) is 0 Å². The van der Waals surface area contributed by atoms with Crippen molar-refractivity contribution in [3.05, 3.63) is 27.9 Å². The molecule has 0 aliphatic carbocycles. The third-order valence-corrected chi connectivity index (χ3v) is 1.57. The fourth-order valence-corrected chi connectivity index (χ4v) is 1.03. The summed E-state index contributed by atoms with van der Waals surface area (Å²) in [6.45, 7) is 2.31. The molecule has 0 amide bonds. The summed E-state index contributed by atoms with van der Waals surface area (Å²) in [6, 6.07) is 3.07. The molecule has 1 aromatic rings. The number of nitriles is 1. The van der Waals surface area contributed by atoms with E-state index in [4.69, 9.17) is 5.26 Å². The van der Waals surface area contributed by atoms with E-state index < -0.39 is 4.92 Å². The minimum Gasteiger partial charge on any atom is -0.365 e. The van der Waals surface area contributed by atoms with Crippen LogP contribution >= 0.6 is 0 Å². The van der Waals surface area contributed by atoms with E-state index in [9.17, 15) is 10.1 Å². The van der Waals surface area contributed by atoms with Crippen molar-refractivity contribution < 1.29 is 4.92 Å². The molecule has 0 aliphatic rings. The standard InChI is InChI=1S/C8H8N4O2/c1-2-10-8-7(12(13)14)6(5-9)3-4-11-8/h3-4H,2H2,1H3,(H,10,11). The second kappa shape index (κ2) is 4.18. The fraction of sp³-hybridized carbons (Fsp3) is 0.250. The predicted octanol–water partition coefficient (Wildman–Crippen LogP) is 1.29. The number of nitro groups is 1. The van der Waals surface area contributed by atoms with Crippen molar-refractivity contribution in [3.8, 4) is 6.07 Å². The Kier molecular flexibility index (Phi) is 2.97. The summed E-state index contributed by atoms with van der Waals surface area (Å²) in [5, 5.41) is 22.0. The van der Waals surface area contributed by atoms with E-state index in [0.717, 1.165) is 0 Å². The lowest BCUT2D eigenvalue weighted by molar-refractivity contribution is -0.384. The van der Waals surface area contributed by atoms with Crippen LogP contribution in [0.15, 0.2) is 12.3 Å². The minimum absolute atomic E-state index is 0.0148. The summed E-state index contributed by atoms with van der Waals surface area (Å²) in [6.07, 6.45) is 1.36. The van der Waals surface area contributed by atoms with Gasteiger partial charge in [-0.15, -0.1) is 0 Å². The topological polar surface area (TPSA) is 91.8 Å². The molecule has 0 unspecified atom stereocenters. The summed E-state index contributed by atoms with van der Waals surface area (Å²) in [7, 11) is 0. The van der Waals surface area contributed by atoms with Gasteiger partial charge in [-0.3, -0.25) is 10.1 Å². The molecular formula is C8H8N4O2. The van der Waals surface area contributed by atoms with Gasteiger partial charge in [0.2, 0.25) is 5.82 Å². The first kappa shape index (κ1) is 9.92. The molecule has 1 rings (SSSR count). The zero-order valence-electron chi connectivity index (χ0n) is 7.52. The number of hydrogen-bond acceptors (Lipinski definition) is 5. The van der Waals surface area contributed by atoms with Gasteiger partial charge in [0.05, 0.1) is 4.92 Å². The van der Waals surface area contributed by atoms with Crippen molar-refractivity contribution in [2.24, 2.45) is 0 Å². The first-order chi connectivity index (χ1) is 6.70. The van der Waals surface area contributed by atoms with Crippen LogP contribution in [-0.4, -0.2) is 16.5 Å². The summed E-state index contributed by atoms with van der Waals surface area (Å²) < 4.78 is 0. The summed E-state index contributed by atoms with van der Waals surface area (Å²) >= 11 is 0. The van der Waals surface area contributed by atoms with Gasteiger partial charge in [0, 0.05) is 12.7 Å². The fourth-order valence-electron chi connectivity index (χ4n) is 1.03. The highest BCUT2D eigenvalue weighted by Crippen LogP contribution is 2.25. The smallest absolute Gasteiger partial charge is 0.328 e. The van der Waals surface area contributed by atoms with Crippen LogP contribution in [-0.2, 0) is 0 Å². The number of rotatable bonds is 3. The van der Waals surface area contributed by atoms with Crippen molar-refractivity contribution in [2.75, 3.05) is 11.9 Å². The molecule has 1 aromatic heterocycles. The quantitative estimate of drug-likeness (QED) is 0.575. The lowest BCUT2D eigenvalue weighted by Gasteiger charge is -2.02. The molecule has 0 radical (unpaired) electrons. The van der Waals surface area contributed by atoms with Gasteiger partial charge in [0.15, 0.2) is 0 Å². The van der Waals surface area contributed by atoms with E-state index in [1.165, 1.54) is 12.3 Å². The number of nitrogens with one attached hydrogen (secondary N) is 1. The van der Waals surface area contributed by atoms with Crippen molar-refractivity contribution >= 4 is 11.5 Å². The molecule has 0 spiro atoms. The van der Waals surface area contributed by atoms with E-state index in [1.54, 1.807) is 13.0 Å². The molecule has 6 heteroatoms. The zero-order chi connectivity index (χ0) is 10.6. The highest BCUT2D eigenvalue weighted by molar-refractivity contribution is 5.63.